The van der Waals surface area contributed by atoms with Gasteiger partial charge in [-0.25, -0.2) is 19.6 Å². The summed E-state index contributed by atoms with van der Waals surface area (Å²) in [4.78, 5) is 24.8. The highest BCUT2D eigenvalue weighted by atomic mass is 16.6. The van der Waals surface area contributed by atoms with E-state index in [0.717, 1.165) is 0 Å². The molecular formula is C18H22N2O4. The number of carbonyl (C=O) groups excluding carboxylic acids is 2. The van der Waals surface area contributed by atoms with Gasteiger partial charge in [0.15, 0.2) is 0 Å². The molecule has 0 N–H and O–H groups in total. The molecule has 128 valence electrons. The van der Waals surface area contributed by atoms with E-state index in [4.69, 9.17) is 9.47 Å². The van der Waals surface area contributed by atoms with Crippen LogP contribution >= 0.6 is 0 Å². The third kappa shape index (κ3) is 2.72. The highest BCUT2D eigenvalue weighted by Crippen LogP contribution is 2.43. The van der Waals surface area contributed by atoms with E-state index in [1.54, 1.807) is 13.8 Å². The smallest absolute Gasteiger partial charge is 0.429 e. The van der Waals surface area contributed by atoms with Gasteiger partial charge >= 0.3 is 12.2 Å². The molecule has 2 unspecified atom stereocenters. The minimum absolute atomic E-state index is 0.0474. The van der Waals surface area contributed by atoms with Crippen molar-refractivity contribution in [2.45, 2.75) is 25.9 Å². The minimum Gasteiger partial charge on any atom is -0.448 e. The Bertz CT molecular complexity index is 573. The Morgan fingerprint density at radius 1 is 0.792 bits per heavy atom. The molecule has 3 rings (SSSR count). The first-order valence-corrected chi connectivity index (χ1v) is 8.31. The van der Waals surface area contributed by atoms with E-state index in [1.807, 2.05) is 36.5 Å². The summed E-state index contributed by atoms with van der Waals surface area (Å²) in [6, 6.07) is -0.452. The molecular weight excluding hydrogens is 308 g/mol. The van der Waals surface area contributed by atoms with E-state index in [9.17, 15) is 9.59 Å². The van der Waals surface area contributed by atoms with E-state index in [2.05, 4.69) is 12.2 Å². The van der Waals surface area contributed by atoms with Gasteiger partial charge in [-0.1, -0.05) is 48.6 Å². The van der Waals surface area contributed by atoms with Crippen LogP contribution in [0.15, 0.2) is 48.6 Å². The SMILES string of the molecule is CCOC(=O)N1C2C=CC(C2C2C=CC=CC=C2)N1C(=O)OCC. The van der Waals surface area contributed by atoms with Crippen molar-refractivity contribution in [2.75, 3.05) is 13.2 Å². The number of ether oxygens (including phenoxy) is 2. The van der Waals surface area contributed by atoms with Crippen LogP contribution in [0.3, 0.4) is 0 Å². The van der Waals surface area contributed by atoms with Crippen molar-refractivity contribution < 1.29 is 19.1 Å². The lowest BCUT2D eigenvalue weighted by Gasteiger charge is -2.33. The summed E-state index contributed by atoms with van der Waals surface area (Å²) in [5.41, 5.74) is 0. The molecule has 2 bridgehead atoms. The molecule has 24 heavy (non-hydrogen) atoms. The molecule has 0 aromatic rings. The lowest BCUT2D eigenvalue weighted by molar-refractivity contribution is -0.0130. The minimum atomic E-state index is -0.521. The quantitative estimate of drug-likeness (QED) is 0.746. The number of rotatable bonds is 3. The molecule has 0 aromatic heterocycles. The van der Waals surface area contributed by atoms with Gasteiger partial charge in [0.25, 0.3) is 0 Å². The molecule has 0 saturated carbocycles. The number of hydrogen-bond acceptors (Lipinski definition) is 4. The first kappa shape index (κ1) is 16.4. The fourth-order valence-corrected chi connectivity index (χ4v) is 3.55. The van der Waals surface area contributed by atoms with E-state index < -0.39 is 12.2 Å². The van der Waals surface area contributed by atoms with Crippen molar-refractivity contribution in [1.29, 1.82) is 0 Å². The van der Waals surface area contributed by atoms with Crippen LogP contribution in [0.5, 0.6) is 0 Å². The average Bonchev–Trinajstić information content (AvgIpc) is 3.00. The van der Waals surface area contributed by atoms with Crippen molar-refractivity contribution >= 4 is 12.2 Å². The Kier molecular flexibility index (Phi) is 4.74. The normalized spacial score (nSPS) is 27.7. The Hall–Kier alpha value is -2.50. The second-order valence-corrected chi connectivity index (χ2v) is 5.76. The van der Waals surface area contributed by atoms with Crippen LogP contribution in [0.4, 0.5) is 9.59 Å². The molecule has 0 radical (unpaired) electrons. The van der Waals surface area contributed by atoms with Crippen LogP contribution in [0.1, 0.15) is 13.8 Å². The van der Waals surface area contributed by atoms with E-state index in [0.29, 0.717) is 0 Å². The molecule has 1 aliphatic heterocycles. The zero-order chi connectivity index (χ0) is 17.1. The second kappa shape index (κ2) is 6.95. The van der Waals surface area contributed by atoms with Crippen molar-refractivity contribution in [3.8, 4) is 0 Å². The number of hydrazine groups is 1. The number of carbonyl (C=O) groups is 2. The molecule has 1 heterocycles. The monoisotopic (exact) mass is 330 g/mol. The van der Waals surface area contributed by atoms with Gasteiger partial charge in [-0.15, -0.1) is 0 Å². The Morgan fingerprint density at radius 2 is 1.25 bits per heavy atom. The van der Waals surface area contributed by atoms with E-state index in [-0.39, 0.29) is 37.1 Å². The third-order valence-electron chi connectivity index (χ3n) is 4.45. The summed E-state index contributed by atoms with van der Waals surface area (Å²) in [6.45, 7) is 4.00. The second-order valence-electron chi connectivity index (χ2n) is 5.76. The van der Waals surface area contributed by atoms with Crippen molar-refractivity contribution in [3.05, 3.63) is 48.6 Å². The maximum absolute atomic E-state index is 12.4. The van der Waals surface area contributed by atoms with Crippen LogP contribution in [0, 0.1) is 11.8 Å². The van der Waals surface area contributed by atoms with Crippen molar-refractivity contribution in [3.63, 3.8) is 0 Å². The fourth-order valence-electron chi connectivity index (χ4n) is 3.55. The van der Waals surface area contributed by atoms with E-state index >= 15 is 0 Å². The molecule has 1 fully saturated rings. The molecule has 6 nitrogen and oxygen atoms in total. The lowest BCUT2D eigenvalue weighted by atomic mass is 9.85. The predicted molar refractivity (Wildman–Crippen MR) is 88.8 cm³/mol. The lowest BCUT2D eigenvalue weighted by Crippen LogP contribution is -2.52. The Morgan fingerprint density at radius 3 is 1.67 bits per heavy atom. The van der Waals surface area contributed by atoms with Gasteiger partial charge in [0, 0.05) is 11.8 Å². The number of nitrogens with zero attached hydrogens (tertiary/aromatic N) is 2. The van der Waals surface area contributed by atoms with Gasteiger partial charge in [0.2, 0.25) is 0 Å². The largest absolute Gasteiger partial charge is 0.448 e. The summed E-state index contributed by atoms with van der Waals surface area (Å²) < 4.78 is 10.3. The first-order chi connectivity index (χ1) is 11.7. The van der Waals surface area contributed by atoms with Crippen LogP contribution in [-0.4, -0.2) is 47.5 Å². The third-order valence-corrected chi connectivity index (χ3v) is 4.45. The number of fused-ring (bicyclic) bond motifs is 2. The van der Waals surface area contributed by atoms with Crippen LogP contribution < -0.4 is 0 Å². The summed E-state index contributed by atoms with van der Waals surface area (Å²) in [5, 5.41) is 2.80. The summed E-state index contributed by atoms with van der Waals surface area (Å²) >= 11 is 0. The van der Waals surface area contributed by atoms with Crippen molar-refractivity contribution in [2.24, 2.45) is 11.8 Å². The molecule has 6 heteroatoms. The van der Waals surface area contributed by atoms with Crippen LogP contribution in [-0.2, 0) is 9.47 Å². The number of allylic oxidation sites excluding steroid dienone is 6. The Balaban J connectivity index is 1.91. The van der Waals surface area contributed by atoms with Crippen molar-refractivity contribution in [1.82, 2.24) is 10.0 Å². The maximum atomic E-state index is 12.4. The fraction of sp³-hybridized carbons (Fsp3) is 0.444. The molecule has 2 aliphatic carbocycles. The summed E-state index contributed by atoms with van der Waals surface area (Å²) in [5.74, 6) is 0.160. The van der Waals surface area contributed by atoms with Gasteiger partial charge in [-0.05, 0) is 13.8 Å². The Labute approximate surface area is 141 Å². The van der Waals surface area contributed by atoms with Crippen LogP contribution in [0.2, 0.25) is 0 Å². The maximum Gasteiger partial charge on any atom is 0.429 e. The molecule has 2 atom stereocenters. The summed E-state index contributed by atoms with van der Waals surface area (Å²) in [6.07, 6.45) is 15.0. The van der Waals surface area contributed by atoms with Crippen LogP contribution in [0.25, 0.3) is 0 Å². The van der Waals surface area contributed by atoms with Gasteiger partial charge in [-0.3, -0.25) is 0 Å². The van der Waals surface area contributed by atoms with Gasteiger partial charge in [0.1, 0.15) is 0 Å². The standard InChI is InChI=1S/C18H22N2O4/c1-3-23-17(21)19-14-11-12-15(20(19)18(22)24-4-2)16(14)13-9-7-5-6-8-10-13/h5-16H,3-4H2,1-2H3. The number of hydrogen-bond donors (Lipinski definition) is 0. The van der Waals surface area contributed by atoms with Gasteiger partial charge < -0.3 is 9.47 Å². The van der Waals surface area contributed by atoms with E-state index in [1.165, 1.54) is 10.0 Å². The zero-order valence-electron chi connectivity index (χ0n) is 13.9. The average molecular weight is 330 g/mol. The molecule has 2 amide bonds. The first-order valence-electron chi connectivity index (χ1n) is 8.31. The highest BCUT2D eigenvalue weighted by Gasteiger charge is 2.56. The highest BCUT2D eigenvalue weighted by molar-refractivity contribution is 5.77. The number of amides is 2. The molecule has 3 aliphatic rings. The topological polar surface area (TPSA) is 59.1 Å². The zero-order valence-corrected chi connectivity index (χ0v) is 13.9. The summed E-state index contributed by atoms with van der Waals surface area (Å²) in [7, 11) is 0. The predicted octanol–water partition coefficient (Wildman–Crippen LogP) is 3.05. The molecule has 1 saturated heterocycles. The van der Waals surface area contributed by atoms with Gasteiger partial charge in [-0.2, -0.15) is 0 Å². The van der Waals surface area contributed by atoms with Gasteiger partial charge in [0.05, 0.1) is 25.3 Å². The molecule has 0 spiro atoms. The molecule has 0 aromatic carbocycles.